The van der Waals surface area contributed by atoms with Gasteiger partial charge in [0, 0.05) is 7.11 Å². The molecule has 0 aliphatic heterocycles. The number of ether oxygens (including phenoxy) is 1. The van der Waals surface area contributed by atoms with E-state index in [0.717, 1.165) is 6.42 Å². The molecule has 0 aromatic heterocycles. The summed E-state index contributed by atoms with van der Waals surface area (Å²) >= 11 is 0. The molecule has 8 heavy (non-hydrogen) atoms. The fourth-order valence-corrected chi connectivity index (χ4v) is 0.431. The molecule has 0 radical (unpaired) electrons. The zero-order chi connectivity index (χ0) is 6.62. The Hall–Kier alpha value is -0.300. The minimum Gasteiger partial charge on any atom is -0.378 e. The summed E-state index contributed by atoms with van der Waals surface area (Å²) in [6.45, 7) is 7.69. The van der Waals surface area contributed by atoms with Crippen LogP contribution in [0.15, 0.2) is 12.7 Å². The molecule has 0 atom stereocenters. The second-order valence-corrected chi connectivity index (χ2v) is 2.46. The van der Waals surface area contributed by atoms with Crippen LogP contribution in [0.4, 0.5) is 0 Å². The SMILES string of the molecule is C=CCC(C)(C)OC. The predicted molar refractivity (Wildman–Crippen MR) is 35.9 cm³/mol. The summed E-state index contributed by atoms with van der Waals surface area (Å²) < 4.78 is 5.11. The van der Waals surface area contributed by atoms with Crippen molar-refractivity contribution in [2.45, 2.75) is 25.9 Å². The van der Waals surface area contributed by atoms with Crippen molar-refractivity contribution in [1.29, 1.82) is 0 Å². The Morgan fingerprint density at radius 1 is 1.62 bits per heavy atom. The van der Waals surface area contributed by atoms with Gasteiger partial charge in [-0.2, -0.15) is 0 Å². The van der Waals surface area contributed by atoms with E-state index in [4.69, 9.17) is 4.74 Å². The van der Waals surface area contributed by atoms with Gasteiger partial charge < -0.3 is 4.74 Å². The molecule has 0 heterocycles. The van der Waals surface area contributed by atoms with Crippen molar-refractivity contribution in [3.8, 4) is 0 Å². The largest absolute Gasteiger partial charge is 0.378 e. The molecule has 0 unspecified atom stereocenters. The highest BCUT2D eigenvalue weighted by Gasteiger charge is 2.12. The Kier molecular flexibility index (Phi) is 2.77. The minimum atomic E-state index is -0.0260. The van der Waals surface area contributed by atoms with E-state index < -0.39 is 0 Å². The molecule has 0 saturated heterocycles. The summed E-state index contributed by atoms with van der Waals surface area (Å²) in [6, 6.07) is 0. The molecule has 0 spiro atoms. The third-order valence-electron chi connectivity index (χ3n) is 1.19. The smallest absolute Gasteiger partial charge is 0.0656 e. The second-order valence-electron chi connectivity index (χ2n) is 2.46. The van der Waals surface area contributed by atoms with Gasteiger partial charge >= 0.3 is 0 Å². The molecule has 48 valence electrons. The number of hydrogen-bond acceptors (Lipinski definition) is 1. The van der Waals surface area contributed by atoms with Gasteiger partial charge in [0.25, 0.3) is 0 Å². The lowest BCUT2D eigenvalue weighted by Crippen LogP contribution is -2.20. The zero-order valence-electron chi connectivity index (χ0n) is 5.90. The van der Waals surface area contributed by atoms with Crippen LogP contribution in [0.25, 0.3) is 0 Å². The van der Waals surface area contributed by atoms with Crippen molar-refractivity contribution < 1.29 is 4.74 Å². The van der Waals surface area contributed by atoms with Crippen LogP contribution >= 0.6 is 0 Å². The topological polar surface area (TPSA) is 9.23 Å². The lowest BCUT2D eigenvalue weighted by Gasteiger charge is -2.19. The van der Waals surface area contributed by atoms with Crippen LogP contribution in [0.5, 0.6) is 0 Å². The number of hydrogen-bond donors (Lipinski definition) is 0. The van der Waals surface area contributed by atoms with E-state index >= 15 is 0 Å². The Labute approximate surface area is 51.4 Å². The average Bonchev–Trinajstić information content (AvgIpc) is 1.67. The van der Waals surface area contributed by atoms with Gasteiger partial charge in [0.15, 0.2) is 0 Å². The summed E-state index contributed by atoms with van der Waals surface area (Å²) in [5, 5.41) is 0. The van der Waals surface area contributed by atoms with E-state index in [1.54, 1.807) is 7.11 Å². The first-order valence-corrected chi connectivity index (χ1v) is 2.78. The highest BCUT2D eigenvalue weighted by Crippen LogP contribution is 2.11. The predicted octanol–water partition coefficient (Wildman–Crippen LogP) is 1.99. The fraction of sp³-hybridized carbons (Fsp3) is 0.714. The Balaban J connectivity index is 3.53. The Morgan fingerprint density at radius 3 is 2.25 bits per heavy atom. The van der Waals surface area contributed by atoms with Gasteiger partial charge in [-0.15, -0.1) is 6.58 Å². The molecule has 0 N–H and O–H groups in total. The Bertz CT molecular complexity index is 74.5. The van der Waals surface area contributed by atoms with Crippen LogP contribution in [0.1, 0.15) is 20.3 Å². The highest BCUT2D eigenvalue weighted by atomic mass is 16.5. The zero-order valence-corrected chi connectivity index (χ0v) is 5.90. The van der Waals surface area contributed by atoms with Crippen LogP contribution in [0, 0.1) is 0 Å². The second kappa shape index (κ2) is 2.88. The highest BCUT2D eigenvalue weighted by molar-refractivity contribution is 4.79. The molecule has 0 aromatic carbocycles. The van der Waals surface area contributed by atoms with Crippen LogP contribution < -0.4 is 0 Å². The van der Waals surface area contributed by atoms with Gasteiger partial charge in [0.2, 0.25) is 0 Å². The standard InChI is InChI=1S/C7H14O/c1-5-6-7(2,3)8-4/h5H,1,6H2,2-4H3. The monoisotopic (exact) mass is 114 g/mol. The minimum absolute atomic E-state index is 0.0260. The van der Waals surface area contributed by atoms with E-state index in [-0.39, 0.29) is 5.60 Å². The third-order valence-corrected chi connectivity index (χ3v) is 1.19. The van der Waals surface area contributed by atoms with Crippen molar-refractivity contribution in [3.05, 3.63) is 12.7 Å². The maximum Gasteiger partial charge on any atom is 0.0656 e. The molecule has 0 amide bonds. The van der Waals surface area contributed by atoms with E-state index in [1.165, 1.54) is 0 Å². The van der Waals surface area contributed by atoms with Crippen LogP contribution in [-0.2, 0) is 4.74 Å². The summed E-state index contributed by atoms with van der Waals surface area (Å²) in [4.78, 5) is 0. The quantitative estimate of drug-likeness (QED) is 0.510. The molecule has 1 nitrogen and oxygen atoms in total. The van der Waals surface area contributed by atoms with Crippen molar-refractivity contribution in [3.63, 3.8) is 0 Å². The normalized spacial score (nSPS) is 11.4. The van der Waals surface area contributed by atoms with E-state index in [2.05, 4.69) is 6.58 Å². The van der Waals surface area contributed by atoms with Crippen LogP contribution in [-0.4, -0.2) is 12.7 Å². The van der Waals surface area contributed by atoms with Crippen molar-refractivity contribution in [1.82, 2.24) is 0 Å². The molecule has 0 saturated carbocycles. The molecular weight excluding hydrogens is 100 g/mol. The molecule has 0 aliphatic carbocycles. The Morgan fingerprint density at radius 2 is 2.12 bits per heavy atom. The molecule has 1 heteroatoms. The van der Waals surface area contributed by atoms with Crippen LogP contribution in [0.2, 0.25) is 0 Å². The van der Waals surface area contributed by atoms with Gasteiger partial charge in [0.05, 0.1) is 5.60 Å². The van der Waals surface area contributed by atoms with Crippen LogP contribution in [0.3, 0.4) is 0 Å². The molecule has 0 aliphatic rings. The van der Waals surface area contributed by atoms with E-state index in [1.807, 2.05) is 19.9 Å². The average molecular weight is 114 g/mol. The van der Waals surface area contributed by atoms with Crippen molar-refractivity contribution in [2.75, 3.05) is 7.11 Å². The number of rotatable bonds is 3. The first-order valence-electron chi connectivity index (χ1n) is 2.78. The van der Waals surface area contributed by atoms with Gasteiger partial charge in [-0.3, -0.25) is 0 Å². The fourth-order valence-electron chi connectivity index (χ4n) is 0.431. The summed E-state index contributed by atoms with van der Waals surface area (Å²) in [6.07, 6.45) is 2.77. The molecular formula is C7H14O. The van der Waals surface area contributed by atoms with E-state index in [0.29, 0.717) is 0 Å². The first-order chi connectivity index (χ1) is 3.62. The summed E-state index contributed by atoms with van der Waals surface area (Å²) in [5.74, 6) is 0. The van der Waals surface area contributed by atoms with Gasteiger partial charge in [-0.25, -0.2) is 0 Å². The van der Waals surface area contributed by atoms with E-state index in [9.17, 15) is 0 Å². The summed E-state index contributed by atoms with van der Waals surface area (Å²) in [5.41, 5.74) is -0.0260. The molecule has 0 aromatic rings. The molecule has 0 fully saturated rings. The third kappa shape index (κ3) is 2.80. The maximum atomic E-state index is 5.11. The van der Waals surface area contributed by atoms with Gasteiger partial charge in [-0.05, 0) is 20.3 Å². The molecule has 0 bridgehead atoms. The maximum absolute atomic E-state index is 5.11. The lowest BCUT2D eigenvalue weighted by molar-refractivity contribution is 0.0256. The molecule has 0 rings (SSSR count). The number of methoxy groups -OCH3 is 1. The van der Waals surface area contributed by atoms with Gasteiger partial charge in [-0.1, -0.05) is 6.08 Å². The summed E-state index contributed by atoms with van der Waals surface area (Å²) in [7, 11) is 1.71. The first kappa shape index (κ1) is 7.70. The van der Waals surface area contributed by atoms with Gasteiger partial charge in [0.1, 0.15) is 0 Å². The van der Waals surface area contributed by atoms with Crippen molar-refractivity contribution in [2.24, 2.45) is 0 Å². The lowest BCUT2D eigenvalue weighted by atomic mass is 10.1. The van der Waals surface area contributed by atoms with Crippen molar-refractivity contribution >= 4 is 0 Å².